The fraction of sp³-hybridized carbons (Fsp3) is 0.364. The molecule has 1 atom stereocenters. The summed E-state index contributed by atoms with van der Waals surface area (Å²) in [5.74, 6) is -0.297. The number of phenolic OH excluding ortho intramolecular Hbond substituents is 1. The molecule has 0 aliphatic rings. The van der Waals surface area contributed by atoms with Crippen molar-refractivity contribution in [3.05, 3.63) is 22.2 Å². The Kier molecular flexibility index (Phi) is 4.77. The molecule has 0 spiro atoms. The molecule has 0 bridgehead atoms. The monoisotopic (exact) mass is 303 g/mol. The van der Waals surface area contributed by atoms with E-state index < -0.39 is 12.0 Å². The van der Waals surface area contributed by atoms with Crippen LogP contribution in [0.15, 0.2) is 16.6 Å². The summed E-state index contributed by atoms with van der Waals surface area (Å²) in [6.45, 7) is 2.19. The van der Waals surface area contributed by atoms with Crippen LogP contribution in [-0.2, 0) is 9.53 Å². The quantitative estimate of drug-likeness (QED) is 0.828. The molecule has 0 unspecified atom stereocenters. The van der Waals surface area contributed by atoms with E-state index in [0.717, 1.165) is 0 Å². The summed E-state index contributed by atoms with van der Waals surface area (Å²) in [5, 5.41) is 9.70. The normalized spacial score (nSPS) is 12.0. The predicted octanol–water partition coefficient (Wildman–Crippen LogP) is 1.73. The Hall–Kier alpha value is -1.27. The minimum absolute atomic E-state index is 0.0207. The van der Waals surface area contributed by atoms with Crippen LogP contribution in [-0.4, -0.2) is 24.8 Å². The Bertz CT molecular complexity index is 422. The minimum atomic E-state index is -0.906. The lowest BCUT2D eigenvalue weighted by atomic mass is 10.1. The first-order chi connectivity index (χ1) is 8.01. The molecule has 0 saturated carbocycles. The second-order valence-corrected chi connectivity index (χ2v) is 4.14. The van der Waals surface area contributed by atoms with Crippen LogP contribution in [0.25, 0.3) is 0 Å². The lowest BCUT2D eigenvalue weighted by molar-refractivity contribution is -0.142. The van der Waals surface area contributed by atoms with Gasteiger partial charge in [-0.2, -0.15) is 0 Å². The van der Waals surface area contributed by atoms with Crippen LogP contribution < -0.4 is 10.5 Å². The number of esters is 1. The average Bonchev–Trinajstić information content (AvgIpc) is 2.33. The van der Waals surface area contributed by atoms with Gasteiger partial charge in [-0.1, -0.05) is 0 Å². The summed E-state index contributed by atoms with van der Waals surface area (Å²) in [4.78, 5) is 11.3. The summed E-state index contributed by atoms with van der Waals surface area (Å²) in [6.07, 6.45) is 0. The van der Waals surface area contributed by atoms with Crippen LogP contribution in [0, 0.1) is 0 Å². The highest BCUT2D eigenvalue weighted by Crippen LogP contribution is 2.36. The standard InChI is InChI=1S/C11H14BrNO4/c1-3-17-8-5-6(4-7(12)10(8)14)9(13)11(15)16-2/h4-5,9,14H,3,13H2,1-2H3/t9-/m0/s1. The lowest BCUT2D eigenvalue weighted by Gasteiger charge is -2.13. The SMILES string of the molecule is CCOc1cc([C@H](N)C(=O)OC)cc(Br)c1O. The lowest BCUT2D eigenvalue weighted by Crippen LogP contribution is -2.22. The van der Waals surface area contributed by atoms with Crippen LogP contribution in [0.2, 0.25) is 0 Å². The molecule has 3 N–H and O–H groups in total. The number of hydrogen-bond acceptors (Lipinski definition) is 5. The van der Waals surface area contributed by atoms with Gasteiger partial charge in [-0.3, -0.25) is 4.79 Å². The third-order valence-corrected chi connectivity index (χ3v) is 2.77. The highest BCUT2D eigenvalue weighted by atomic mass is 79.9. The third-order valence-electron chi connectivity index (χ3n) is 2.16. The molecule has 17 heavy (non-hydrogen) atoms. The van der Waals surface area contributed by atoms with Crippen molar-refractivity contribution in [1.29, 1.82) is 0 Å². The van der Waals surface area contributed by atoms with Crippen LogP contribution in [0.1, 0.15) is 18.5 Å². The van der Waals surface area contributed by atoms with E-state index in [9.17, 15) is 9.90 Å². The number of carbonyl (C=O) groups is 1. The molecule has 94 valence electrons. The van der Waals surface area contributed by atoms with Gasteiger partial charge in [0, 0.05) is 0 Å². The summed E-state index contributed by atoms with van der Waals surface area (Å²) in [5.41, 5.74) is 6.21. The van der Waals surface area contributed by atoms with E-state index in [1.807, 2.05) is 0 Å². The summed E-state index contributed by atoms with van der Waals surface area (Å²) < 4.78 is 10.2. The van der Waals surface area contributed by atoms with E-state index in [-0.39, 0.29) is 11.5 Å². The van der Waals surface area contributed by atoms with Gasteiger partial charge in [-0.05, 0) is 40.5 Å². The Morgan fingerprint density at radius 1 is 1.59 bits per heavy atom. The molecule has 0 fully saturated rings. The number of halogens is 1. The molecule has 0 aromatic heterocycles. The number of rotatable bonds is 4. The number of ether oxygens (including phenoxy) is 2. The Morgan fingerprint density at radius 2 is 2.24 bits per heavy atom. The number of carbonyl (C=O) groups excluding carboxylic acids is 1. The van der Waals surface area contributed by atoms with Crippen LogP contribution >= 0.6 is 15.9 Å². The zero-order chi connectivity index (χ0) is 13.0. The number of hydrogen-bond donors (Lipinski definition) is 2. The first kappa shape index (κ1) is 13.8. The van der Waals surface area contributed by atoms with E-state index in [4.69, 9.17) is 10.5 Å². The highest BCUT2D eigenvalue weighted by Gasteiger charge is 2.19. The van der Waals surface area contributed by atoms with E-state index in [2.05, 4.69) is 20.7 Å². The Balaban J connectivity index is 3.13. The Labute approximate surface area is 108 Å². The van der Waals surface area contributed by atoms with Crippen molar-refractivity contribution >= 4 is 21.9 Å². The number of nitrogens with two attached hydrogens (primary N) is 1. The van der Waals surface area contributed by atoms with E-state index >= 15 is 0 Å². The second kappa shape index (κ2) is 5.88. The van der Waals surface area contributed by atoms with Crippen molar-refractivity contribution in [3.63, 3.8) is 0 Å². The molecular weight excluding hydrogens is 290 g/mol. The smallest absolute Gasteiger partial charge is 0.327 e. The molecule has 0 heterocycles. The van der Waals surface area contributed by atoms with Crippen molar-refractivity contribution in [2.45, 2.75) is 13.0 Å². The van der Waals surface area contributed by atoms with Crippen LogP contribution in [0.4, 0.5) is 0 Å². The van der Waals surface area contributed by atoms with Gasteiger partial charge < -0.3 is 20.3 Å². The molecule has 0 radical (unpaired) electrons. The zero-order valence-corrected chi connectivity index (χ0v) is 11.2. The molecule has 1 aromatic carbocycles. The molecule has 0 aliphatic heterocycles. The first-order valence-electron chi connectivity index (χ1n) is 4.99. The van der Waals surface area contributed by atoms with Crippen molar-refractivity contribution in [2.24, 2.45) is 5.73 Å². The summed E-state index contributed by atoms with van der Waals surface area (Å²) in [6, 6.07) is 2.17. The second-order valence-electron chi connectivity index (χ2n) is 3.28. The number of methoxy groups -OCH3 is 1. The molecule has 5 nitrogen and oxygen atoms in total. The molecule has 6 heteroatoms. The molecule has 1 aromatic rings. The fourth-order valence-corrected chi connectivity index (χ4v) is 1.76. The van der Waals surface area contributed by atoms with Gasteiger partial charge in [-0.25, -0.2) is 0 Å². The van der Waals surface area contributed by atoms with Crippen LogP contribution in [0.3, 0.4) is 0 Å². The zero-order valence-electron chi connectivity index (χ0n) is 9.57. The first-order valence-corrected chi connectivity index (χ1v) is 5.79. The van der Waals surface area contributed by atoms with Crippen LogP contribution in [0.5, 0.6) is 11.5 Å². The van der Waals surface area contributed by atoms with E-state index in [0.29, 0.717) is 16.6 Å². The predicted molar refractivity (Wildman–Crippen MR) is 65.9 cm³/mol. The fourth-order valence-electron chi connectivity index (χ4n) is 1.30. The topological polar surface area (TPSA) is 81.8 Å². The highest BCUT2D eigenvalue weighted by molar-refractivity contribution is 9.10. The summed E-state index contributed by atoms with van der Waals surface area (Å²) in [7, 11) is 1.26. The van der Waals surface area contributed by atoms with Gasteiger partial charge in [0.2, 0.25) is 0 Å². The van der Waals surface area contributed by atoms with Gasteiger partial charge in [-0.15, -0.1) is 0 Å². The van der Waals surface area contributed by atoms with Gasteiger partial charge in [0.15, 0.2) is 11.5 Å². The largest absolute Gasteiger partial charge is 0.503 e. The molecular formula is C11H14BrNO4. The molecule has 1 rings (SSSR count). The molecule has 0 amide bonds. The van der Waals surface area contributed by atoms with Crippen molar-refractivity contribution in [1.82, 2.24) is 0 Å². The third kappa shape index (κ3) is 3.10. The van der Waals surface area contributed by atoms with Gasteiger partial charge in [0.1, 0.15) is 6.04 Å². The number of benzene rings is 1. The maximum atomic E-state index is 11.3. The number of phenols is 1. The van der Waals surface area contributed by atoms with Gasteiger partial charge >= 0.3 is 5.97 Å². The number of aromatic hydroxyl groups is 1. The Morgan fingerprint density at radius 3 is 2.76 bits per heavy atom. The average molecular weight is 304 g/mol. The van der Waals surface area contributed by atoms with Crippen molar-refractivity contribution < 1.29 is 19.4 Å². The minimum Gasteiger partial charge on any atom is -0.503 e. The van der Waals surface area contributed by atoms with Crippen molar-refractivity contribution in [3.8, 4) is 11.5 Å². The maximum absolute atomic E-state index is 11.3. The molecule has 0 aliphatic carbocycles. The van der Waals surface area contributed by atoms with E-state index in [1.165, 1.54) is 13.2 Å². The van der Waals surface area contributed by atoms with Crippen molar-refractivity contribution in [2.75, 3.05) is 13.7 Å². The van der Waals surface area contributed by atoms with E-state index in [1.54, 1.807) is 13.0 Å². The van der Waals surface area contributed by atoms with Gasteiger partial charge in [0.25, 0.3) is 0 Å². The maximum Gasteiger partial charge on any atom is 0.327 e. The molecule has 0 saturated heterocycles. The van der Waals surface area contributed by atoms with Gasteiger partial charge in [0.05, 0.1) is 18.2 Å². The summed E-state index contributed by atoms with van der Waals surface area (Å²) >= 11 is 3.17.